The summed E-state index contributed by atoms with van der Waals surface area (Å²) in [5.74, 6) is 0.855. The predicted octanol–water partition coefficient (Wildman–Crippen LogP) is 5.18. The first kappa shape index (κ1) is 20.2. The minimum atomic E-state index is -0.378. The number of nitrogens with zero attached hydrogens (tertiary/aromatic N) is 1. The molecule has 3 rings (SSSR count). The average molecular weight is 462 g/mol. The van der Waals surface area contributed by atoms with Gasteiger partial charge in [-0.3, -0.25) is 4.79 Å². The molecule has 0 saturated carbocycles. The molecule has 28 heavy (non-hydrogen) atoms. The normalized spacial score (nSPS) is 11.0. The van der Waals surface area contributed by atoms with E-state index in [2.05, 4.69) is 26.5 Å². The third kappa shape index (κ3) is 5.03. The molecular weight excluding hydrogens is 444 g/mol. The summed E-state index contributed by atoms with van der Waals surface area (Å²) < 4.78 is 11.8. The Morgan fingerprint density at radius 3 is 2.71 bits per heavy atom. The Kier molecular flexibility index (Phi) is 6.90. The summed E-state index contributed by atoms with van der Waals surface area (Å²) in [6, 6.07) is 16.9. The van der Waals surface area contributed by atoms with Gasteiger partial charge in [0, 0.05) is 10.6 Å². The molecular formula is C21H18BrClN2O3. The van der Waals surface area contributed by atoms with Crippen molar-refractivity contribution in [3.63, 3.8) is 0 Å². The predicted molar refractivity (Wildman–Crippen MR) is 116 cm³/mol. The Morgan fingerprint density at radius 1 is 1.14 bits per heavy atom. The maximum absolute atomic E-state index is 12.0. The van der Waals surface area contributed by atoms with Crippen LogP contribution in [0.1, 0.15) is 12.5 Å². The van der Waals surface area contributed by atoms with Gasteiger partial charge in [0.05, 0.1) is 17.3 Å². The van der Waals surface area contributed by atoms with Crippen LogP contribution in [-0.2, 0) is 4.79 Å². The number of carbonyl (C=O) groups excluding carboxylic acids is 1. The number of nitrogens with one attached hydrogen (secondary N) is 1. The van der Waals surface area contributed by atoms with Crippen molar-refractivity contribution in [2.75, 3.05) is 13.2 Å². The molecule has 0 aliphatic heterocycles. The molecule has 1 amide bonds. The molecule has 0 spiro atoms. The first-order chi connectivity index (χ1) is 13.6. The van der Waals surface area contributed by atoms with Crippen LogP contribution in [0.25, 0.3) is 10.8 Å². The smallest absolute Gasteiger partial charge is 0.277 e. The van der Waals surface area contributed by atoms with E-state index in [1.165, 1.54) is 0 Å². The van der Waals surface area contributed by atoms with Gasteiger partial charge >= 0.3 is 0 Å². The van der Waals surface area contributed by atoms with E-state index in [1.807, 2.05) is 43.3 Å². The fourth-order valence-corrected chi connectivity index (χ4v) is 3.42. The van der Waals surface area contributed by atoms with E-state index in [1.54, 1.807) is 24.4 Å². The van der Waals surface area contributed by atoms with Gasteiger partial charge in [-0.2, -0.15) is 5.10 Å². The summed E-state index contributed by atoms with van der Waals surface area (Å²) in [6.45, 7) is 2.28. The van der Waals surface area contributed by atoms with Gasteiger partial charge in [-0.1, -0.05) is 41.9 Å². The Morgan fingerprint density at radius 2 is 1.93 bits per heavy atom. The lowest BCUT2D eigenvalue weighted by molar-refractivity contribution is -0.123. The van der Waals surface area contributed by atoms with Crippen LogP contribution in [-0.4, -0.2) is 25.3 Å². The molecule has 7 heteroatoms. The van der Waals surface area contributed by atoms with Crippen molar-refractivity contribution in [3.05, 3.63) is 69.7 Å². The van der Waals surface area contributed by atoms with E-state index in [9.17, 15) is 4.79 Å². The number of benzene rings is 3. The van der Waals surface area contributed by atoms with E-state index in [0.717, 1.165) is 16.3 Å². The number of fused-ring (bicyclic) bond motifs is 1. The lowest BCUT2D eigenvalue weighted by atomic mass is 10.0. The molecule has 3 aromatic carbocycles. The third-order valence-corrected chi connectivity index (χ3v) is 4.72. The molecule has 0 radical (unpaired) electrons. The van der Waals surface area contributed by atoms with Crippen molar-refractivity contribution in [3.8, 4) is 11.5 Å². The molecule has 0 atom stereocenters. The van der Waals surface area contributed by atoms with Crippen LogP contribution in [0.5, 0.6) is 11.5 Å². The topological polar surface area (TPSA) is 59.9 Å². The molecule has 144 valence electrons. The second-order valence-electron chi connectivity index (χ2n) is 5.79. The lowest BCUT2D eigenvalue weighted by Gasteiger charge is -2.10. The van der Waals surface area contributed by atoms with Crippen LogP contribution in [0.15, 0.2) is 64.2 Å². The summed E-state index contributed by atoms with van der Waals surface area (Å²) in [5, 5.41) is 6.70. The van der Waals surface area contributed by atoms with Gasteiger partial charge in [0.2, 0.25) is 0 Å². The van der Waals surface area contributed by atoms with Crippen molar-refractivity contribution in [1.29, 1.82) is 0 Å². The second kappa shape index (κ2) is 9.57. The first-order valence-corrected chi connectivity index (χ1v) is 9.80. The summed E-state index contributed by atoms with van der Waals surface area (Å²) >= 11 is 9.23. The quantitative estimate of drug-likeness (QED) is 0.389. The number of carbonyl (C=O) groups is 1. The third-order valence-electron chi connectivity index (χ3n) is 3.87. The molecule has 0 aliphatic carbocycles. The maximum Gasteiger partial charge on any atom is 0.277 e. The van der Waals surface area contributed by atoms with Crippen LogP contribution in [0.3, 0.4) is 0 Å². The fraction of sp³-hybridized carbons (Fsp3) is 0.143. The lowest BCUT2D eigenvalue weighted by Crippen LogP contribution is -2.24. The van der Waals surface area contributed by atoms with Gasteiger partial charge in [0.15, 0.2) is 6.61 Å². The van der Waals surface area contributed by atoms with E-state index < -0.39 is 0 Å². The molecule has 0 saturated heterocycles. The van der Waals surface area contributed by atoms with Gasteiger partial charge in [0.25, 0.3) is 5.91 Å². The molecule has 0 fully saturated rings. The molecule has 1 N–H and O–H groups in total. The first-order valence-electron chi connectivity index (χ1n) is 8.62. The van der Waals surface area contributed by atoms with Crippen molar-refractivity contribution in [2.24, 2.45) is 5.10 Å². The molecule has 0 aromatic heterocycles. The minimum absolute atomic E-state index is 0.175. The van der Waals surface area contributed by atoms with Crippen LogP contribution in [0, 0.1) is 0 Å². The zero-order valence-electron chi connectivity index (χ0n) is 15.1. The highest BCUT2D eigenvalue weighted by atomic mass is 79.9. The van der Waals surface area contributed by atoms with E-state index in [0.29, 0.717) is 27.6 Å². The van der Waals surface area contributed by atoms with Gasteiger partial charge in [-0.15, -0.1) is 0 Å². The monoisotopic (exact) mass is 460 g/mol. The second-order valence-corrected chi connectivity index (χ2v) is 7.08. The van der Waals surface area contributed by atoms with Gasteiger partial charge in [-0.05, 0) is 57.9 Å². The summed E-state index contributed by atoms with van der Waals surface area (Å²) in [4.78, 5) is 12.0. The number of hydrazone groups is 1. The van der Waals surface area contributed by atoms with Crippen molar-refractivity contribution in [2.45, 2.75) is 6.92 Å². The Labute approximate surface area is 176 Å². The maximum atomic E-state index is 12.0. The Hall–Kier alpha value is -2.57. The summed E-state index contributed by atoms with van der Waals surface area (Å²) in [5.41, 5.74) is 3.28. The number of rotatable bonds is 7. The minimum Gasteiger partial charge on any atom is -0.493 e. The standard InChI is InChI=1S/C21H18BrClN2O3/c1-2-27-19-9-7-14-5-3-4-6-16(14)17(19)12-24-25-21(26)13-28-20-10-8-15(23)11-18(20)22/h3-12H,2,13H2,1H3,(H,25,26)/b24-12+. The van der Waals surface area contributed by atoms with E-state index >= 15 is 0 Å². The Bertz CT molecular complexity index is 1020. The van der Waals surface area contributed by atoms with Crippen LogP contribution in [0.4, 0.5) is 0 Å². The molecule has 5 nitrogen and oxygen atoms in total. The number of halogens is 2. The molecule has 0 bridgehead atoms. The molecule has 0 unspecified atom stereocenters. The van der Waals surface area contributed by atoms with Crippen molar-refractivity contribution in [1.82, 2.24) is 5.43 Å². The zero-order chi connectivity index (χ0) is 19.9. The highest BCUT2D eigenvalue weighted by molar-refractivity contribution is 9.10. The van der Waals surface area contributed by atoms with Crippen LogP contribution in [0.2, 0.25) is 5.02 Å². The van der Waals surface area contributed by atoms with Crippen LogP contribution >= 0.6 is 27.5 Å². The highest BCUT2D eigenvalue weighted by Crippen LogP contribution is 2.28. The van der Waals surface area contributed by atoms with Gasteiger partial charge < -0.3 is 9.47 Å². The van der Waals surface area contributed by atoms with Crippen molar-refractivity contribution >= 4 is 50.4 Å². The Balaban J connectivity index is 1.68. The van der Waals surface area contributed by atoms with E-state index in [-0.39, 0.29) is 12.5 Å². The number of hydrogen-bond acceptors (Lipinski definition) is 4. The molecule has 3 aromatic rings. The van der Waals surface area contributed by atoms with Gasteiger partial charge in [0.1, 0.15) is 11.5 Å². The summed E-state index contributed by atoms with van der Waals surface area (Å²) in [7, 11) is 0. The number of hydrogen-bond donors (Lipinski definition) is 1. The highest BCUT2D eigenvalue weighted by Gasteiger charge is 2.08. The van der Waals surface area contributed by atoms with E-state index in [4.69, 9.17) is 21.1 Å². The number of ether oxygens (including phenoxy) is 2. The van der Waals surface area contributed by atoms with Gasteiger partial charge in [-0.25, -0.2) is 5.43 Å². The largest absolute Gasteiger partial charge is 0.493 e. The SMILES string of the molecule is CCOc1ccc2ccccc2c1/C=N/NC(=O)COc1ccc(Cl)cc1Br. The average Bonchev–Trinajstić information content (AvgIpc) is 2.69. The fourth-order valence-electron chi connectivity index (χ4n) is 2.63. The number of amides is 1. The zero-order valence-corrected chi connectivity index (χ0v) is 17.5. The molecule has 0 heterocycles. The molecule has 0 aliphatic rings. The van der Waals surface area contributed by atoms with Crippen LogP contribution < -0.4 is 14.9 Å². The summed E-state index contributed by atoms with van der Waals surface area (Å²) in [6.07, 6.45) is 1.59. The van der Waals surface area contributed by atoms with Crippen molar-refractivity contribution < 1.29 is 14.3 Å².